The van der Waals surface area contributed by atoms with E-state index in [-0.39, 0.29) is 36.9 Å². The van der Waals surface area contributed by atoms with Gasteiger partial charge in [0.25, 0.3) is 5.89 Å². The maximum absolute atomic E-state index is 12.5. The Kier molecular flexibility index (Phi) is 5.37. The second kappa shape index (κ2) is 7.70. The number of fused-ring (bicyclic) bond motifs is 1. The van der Waals surface area contributed by atoms with Crippen molar-refractivity contribution < 1.29 is 23.2 Å². The van der Waals surface area contributed by atoms with E-state index < -0.39 is 5.97 Å². The number of hydrogen-bond donors (Lipinski definition) is 0. The second-order valence-corrected chi connectivity index (χ2v) is 6.54. The highest BCUT2D eigenvalue weighted by Gasteiger charge is 2.23. The third-order valence-corrected chi connectivity index (χ3v) is 3.77. The van der Waals surface area contributed by atoms with Crippen molar-refractivity contribution in [2.75, 3.05) is 0 Å². The van der Waals surface area contributed by atoms with Crippen LogP contribution >= 0.6 is 0 Å². The third kappa shape index (κ3) is 3.94. The summed E-state index contributed by atoms with van der Waals surface area (Å²) in [6, 6.07) is 7.43. The van der Waals surface area contributed by atoms with E-state index in [2.05, 4.69) is 10.1 Å². The molecule has 0 bridgehead atoms. The highest BCUT2D eigenvalue weighted by Crippen LogP contribution is 2.27. The molecular weight excluding hydrogens is 336 g/mol. The fraction of sp³-hybridized carbons (Fsp3) is 0.421. The highest BCUT2D eigenvalue weighted by atomic mass is 16.6. The molecule has 0 aliphatic heterocycles. The Bertz CT molecular complexity index is 894. The summed E-state index contributed by atoms with van der Waals surface area (Å²) in [7, 11) is 0. The molecule has 1 aromatic carbocycles. The van der Waals surface area contributed by atoms with Crippen LogP contribution in [-0.4, -0.2) is 22.2 Å². The Hall–Kier alpha value is -2.67. The van der Waals surface area contributed by atoms with Crippen LogP contribution in [0.4, 0.5) is 0 Å². The molecule has 7 heteroatoms. The predicted molar refractivity (Wildman–Crippen MR) is 93.6 cm³/mol. The lowest BCUT2D eigenvalue weighted by molar-refractivity contribution is 0.0373. The molecule has 0 saturated carbocycles. The van der Waals surface area contributed by atoms with Gasteiger partial charge in [-0.05, 0) is 19.9 Å². The number of nitrogens with zero attached hydrogens (tertiary/aromatic N) is 2. The van der Waals surface area contributed by atoms with Crippen molar-refractivity contribution >= 4 is 16.9 Å². The molecule has 0 radical (unpaired) electrons. The van der Waals surface area contributed by atoms with Gasteiger partial charge >= 0.3 is 5.97 Å². The topological polar surface area (TPSA) is 87.6 Å². The second-order valence-electron chi connectivity index (χ2n) is 6.54. The molecule has 3 aromatic rings. The van der Waals surface area contributed by atoms with Crippen molar-refractivity contribution in [3.8, 4) is 0 Å². The first-order valence-corrected chi connectivity index (χ1v) is 8.57. The summed E-state index contributed by atoms with van der Waals surface area (Å²) >= 11 is 0. The number of furan rings is 1. The van der Waals surface area contributed by atoms with E-state index in [4.69, 9.17) is 18.4 Å². The molecule has 2 aromatic heterocycles. The number of para-hydroxylation sites is 1. The number of esters is 1. The smallest absolute Gasteiger partial charge is 0.375 e. The standard InChI is InChI=1S/C19H22N2O5/c1-11(2)18-20-16(26-21-18)10-24-19(22)17-14(9-23-12(3)4)13-7-5-6-8-15(13)25-17/h5-8,11-12H,9-10H2,1-4H3. The summed E-state index contributed by atoms with van der Waals surface area (Å²) in [5.74, 6) is 0.505. The minimum Gasteiger partial charge on any atom is -0.450 e. The van der Waals surface area contributed by atoms with Crippen molar-refractivity contribution in [3.05, 3.63) is 47.3 Å². The van der Waals surface area contributed by atoms with E-state index in [0.717, 1.165) is 5.39 Å². The van der Waals surface area contributed by atoms with Crippen LogP contribution in [0.1, 0.15) is 61.4 Å². The first kappa shape index (κ1) is 18.1. The van der Waals surface area contributed by atoms with E-state index in [1.807, 2.05) is 45.9 Å². The minimum absolute atomic E-state index is 0.0281. The van der Waals surface area contributed by atoms with Gasteiger partial charge in [0.2, 0.25) is 5.76 Å². The van der Waals surface area contributed by atoms with Gasteiger partial charge in [0.05, 0.1) is 12.7 Å². The van der Waals surface area contributed by atoms with E-state index >= 15 is 0 Å². The van der Waals surface area contributed by atoms with Gasteiger partial charge < -0.3 is 18.4 Å². The van der Waals surface area contributed by atoms with Crippen LogP contribution in [0.15, 0.2) is 33.2 Å². The van der Waals surface area contributed by atoms with Crippen LogP contribution < -0.4 is 0 Å². The predicted octanol–water partition coefficient (Wildman–Crippen LogP) is 4.22. The molecule has 2 heterocycles. The lowest BCUT2D eigenvalue weighted by Gasteiger charge is -2.07. The van der Waals surface area contributed by atoms with Gasteiger partial charge in [-0.25, -0.2) is 4.79 Å². The van der Waals surface area contributed by atoms with Crippen LogP contribution in [0, 0.1) is 0 Å². The van der Waals surface area contributed by atoms with Gasteiger partial charge in [0.15, 0.2) is 12.4 Å². The van der Waals surface area contributed by atoms with Gasteiger partial charge in [0.1, 0.15) is 5.58 Å². The van der Waals surface area contributed by atoms with Crippen LogP contribution in [0.2, 0.25) is 0 Å². The molecule has 3 rings (SSSR count). The average Bonchev–Trinajstić information content (AvgIpc) is 3.22. The van der Waals surface area contributed by atoms with Crippen molar-refractivity contribution in [1.82, 2.24) is 10.1 Å². The summed E-state index contributed by atoms with van der Waals surface area (Å²) in [6.45, 7) is 7.92. The normalized spacial score (nSPS) is 11.6. The largest absolute Gasteiger partial charge is 0.450 e. The SMILES string of the molecule is CC(C)OCc1c(C(=O)OCc2nc(C(C)C)no2)oc2ccccc12. The molecular formula is C19H22N2O5. The number of benzene rings is 1. The summed E-state index contributed by atoms with van der Waals surface area (Å²) in [5, 5.41) is 4.68. The summed E-state index contributed by atoms with van der Waals surface area (Å²) in [5.41, 5.74) is 1.29. The van der Waals surface area contributed by atoms with Crippen LogP contribution in [-0.2, 0) is 22.7 Å². The van der Waals surface area contributed by atoms with E-state index in [0.29, 0.717) is 17.0 Å². The Morgan fingerprint density at radius 3 is 2.62 bits per heavy atom. The Morgan fingerprint density at radius 2 is 1.92 bits per heavy atom. The molecule has 26 heavy (non-hydrogen) atoms. The fourth-order valence-electron chi connectivity index (χ4n) is 2.41. The molecule has 0 saturated heterocycles. The zero-order valence-corrected chi connectivity index (χ0v) is 15.3. The minimum atomic E-state index is -0.590. The van der Waals surface area contributed by atoms with E-state index in [9.17, 15) is 4.79 Å². The van der Waals surface area contributed by atoms with Crippen molar-refractivity contribution in [1.29, 1.82) is 0 Å². The number of ether oxygens (including phenoxy) is 2. The number of hydrogen-bond acceptors (Lipinski definition) is 7. The van der Waals surface area contributed by atoms with Gasteiger partial charge in [0, 0.05) is 16.9 Å². The monoisotopic (exact) mass is 358 g/mol. The molecule has 0 aliphatic carbocycles. The molecule has 0 N–H and O–H groups in total. The maximum atomic E-state index is 12.5. The Morgan fingerprint density at radius 1 is 1.15 bits per heavy atom. The average molecular weight is 358 g/mol. The zero-order valence-electron chi connectivity index (χ0n) is 15.3. The lowest BCUT2D eigenvalue weighted by Crippen LogP contribution is -2.09. The molecule has 138 valence electrons. The lowest BCUT2D eigenvalue weighted by atomic mass is 10.1. The molecule has 0 fully saturated rings. The van der Waals surface area contributed by atoms with Gasteiger partial charge in [-0.1, -0.05) is 37.2 Å². The molecule has 0 atom stereocenters. The highest BCUT2D eigenvalue weighted by molar-refractivity contribution is 5.96. The zero-order chi connectivity index (χ0) is 18.7. The molecule has 7 nitrogen and oxygen atoms in total. The van der Waals surface area contributed by atoms with Crippen LogP contribution in [0.25, 0.3) is 11.0 Å². The molecule has 0 unspecified atom stereocenters. The number of rotatable bonds is 7. The third-order valence-electron chi connectivity index (χ3n) is 3.77. The molecule has 0 aliphatic rings. The number of carbonyl (C=O) groups is 1. The molecule has 0 spiro atoms. The van der Waals surface area contributed by atoms with Gasteiger partial charge in [-0.2, -0.15) is 4.98 Å². The Labute approximate surface area is 151 Å². The first-order chi connectivity index (χ1) is 12.5. The van der Waals surface area contributed by atoms with Crippen molar-refractivity contribution in [3.63, 3.8) is 0 Å². The summed E-state index contributed by atoms with van der Waals surface area (Å²) in [6.07, 6.45) is 0.0281. The van der Waals surface area contributed by atoms with Crippen molar-refractivity contribution in [2.45, 2.75) is 52.9 Å². The van der Waals surface area contributed by atoms with Gasteiger partial charge in [-0.3, -0.25) is 0 Å². The van der Waals surface area contributed by atoms with E-state index in [1.54, 1.807) is 6.07 Å². The number of carbonyl (C=O) groups excluding carboxylic acids is 1. The van der Waals surface area contributed by atoms with Gasteiger partial charge in [-0.15, -0.1) is 0 Å². The van der Waals surface area contributed by atoms with Crippen LogP contribution in [0.3, 0.4) is 0 Å². The first-order valence-electron chi connectivity index (χ1n) is 8.57. The Balaban J connectivity index is 1.79. The number of aromatic nitrogens is 2. The maximum Gasteiger partial charge on any atom is 0.375 e. The quantitative estimate of drug-likeness (QED) is 0.584. The fourth-order valence-corrected chi connectivity index (χ4v) is 2.41. The van der Waals surface area contributed by atoms with E-state index in [1.165, 1.54) is 0 Å². The summed E-state index contributed by atoms with van der Waals surface area (Å²) in [4.78, 5) is 16.7. The van der Waals surface area contributed by atoms with Crippen LogP contribution in [0.5, 0.6) is 0 Å². The molecule has 0 amide bonds. The summed E-state index contributed by atoms with van der Waals surface area (Å²) < 4.78 is 21.8. The van der Waals surface area contributed by atoms with Crippen molar-refractivity contribution in [2.24, 2.45) is 0 Å².